The van der Waals surface area contributed by atoms with E-state index in [9.17, 15) is 26.4 Å². The van der Waals surface area contributed by atoms with Crippen LogP contribution in [0.3, 0.4) is 0 Å². The van der Waals surface area contributed by atoms with Gasteiger partial charge in [-0.2, -0.15) is 21.6 Å². The summed E-state index contributed by atoms with van der Waals surface area (Å²) in [6.07, 6.45) is -4.69. The number of benzene rings is 2. The summed E-state index contributed by atoms with van der Waals surface area (Å²) in [4.78, 5) is 13.2. The van der Waals surface area contributed by atoms with Crippen molar-refractivity contribution in [3.05, 3.63) is 59.7 Å². The first-order chi connectivity index (χ1) is 14.0. The van der Waals surface area contributed by atoms with E-state index in [4.69, 9.17) is 4.18 Å². The molecule has 164 valence electrons. The molecule has 0 fully saturated rings. The highest BCUT2D eigenvalue weighted by Crippen LogP contribution is 2.31. The summed E-state index contributed by atoms with van der Waals surface area (Å²) >= 11 is 0. The Morgan fingerprint density at radius 1 is 1.13 bits per heavy atom. The molecule has 2 amide bonds. The second-order valence-electron chi connectivity index (χ2n) is 6.73. The number of para-hydroxylation sites is 1. The molecule has 30 heavy (non-hydrogen) atoms. The number of urea groups is 1. The van der Waals surface area contributed by atoms with E-state index < -0.39 is 26.8 Å². The van der Waals surface area contributed by atoms with Crippen molar-refractivity contribution < 1.29 is 30.6 Å². The molecule has 0 radical (unpaired) electrons. The molecule has 0 aliphatic rings. The van der Waals surface area contributed by atoms with Crippen molar-refractivity contribution >= 4 is 16.1 Å². The van der Waals surface area contributed by atoms with Gasteiger partial charge in [-0.05, 0) is 45.0 Å². The molecule has 2 aromatic carbocycles. The highest BCUT2D eigenvalue weighted by atomic mass is 32.2. The highest BCUT2D eigenvalue weighted by Gasteiger charge is 2.32. The molecule has 2 aromatic rings. The maximum atomic E-state index is 12.9. The van der Waals surface area contributed by atoms with Crippen molar-refractivity contribution in [1.29, 1.82) is 0 Å². The van der Waals surface area contributed by atoms with Crippen LogP contribution in [-0.2, 0) is 22.8 Å². The minimum Gasteiger partial charge on any atom is -0.379 e. The second-order valence-corrected chi connectivity index (χ2v) is 8.27. The maximum Gasteiger partial charge on any atom is 0.416 e. The van der Waals surface area contributed by atoms with Crippen LogP contribution in [0.4, 0.5) is 18.0 Å². The van der Waals surface area contributed by atoms with Crippen LogP contribution in [0.5, 0.6) is 5.75 Å². The lowest BCUT2D eigenvalue weighted by Crippen LogP contribution is -2.43. The smallest absolute Gasteiger partial charge is 0.379 e. The summed E-state index contributed by atoms with van der Waals surface area (Å²) < 4.78 is 69.1. The van der Waals surface area contributed by atoms with Gasteiger partial charge in [0.2, 0.25) is 0 Å². The van der Waals surface area contributed by atoms with Crippen LogP contribution >= 0.6 is 0 Å². The van der Waals surface area contributed by atoms with Crippen molar-refractivity contribution in [2.75, 3.05) is 6.54 Å². The summed E-state index contributed by atoms with van der Waals surface area (Å²) in [6, 6.07) is 8.97. The fraction of sp³-hybridized carbons (Fsp3) is 0.350. The third-order valence-electron chi connectivity index (χ3n) is 4.18. The summed E-state index contributed by atoms with van der Waals surface area (Å²) in [5.41, 5.74) is -0.698. The number of rotatable bonds is 7. The molecule has 0 bridgehead atoms. The van der Waals surface area contributed by atoms with Gasteiger partial charge in [-0.3, -0.25) is 0 Å². The largest absolute Gasteiger partial charge is 0.416 e. The SMILES string of the molecule is CCNC(=O)N(Cc1ccccc1OS(=O)(=O)c1cccc(C(F)(F)F)c1)C(C)C. The molecule has 2 rings (SSSR count). The standard InChI is InChI=1S/C20H23F3N2O4S/c1-4-24-19(26)25(14(2)3)13-15-8-5-6-11-18(15)29-30(27,28)17-10-7-9-16(12-17)20(21,22)23/h5-12,14H,4,13H2,1-3H3,(H,24,26). The molecular formula is C20H23F3N2O4S. The van der Waals surface area contributed by atoms with E-state index in [-0.39, 0.29) is 24.4 Å². The minimum absolute atomic E-state index is 0.0534. The Bertz CT molecular complexity index is 992. The number of amides is 2. The van der Waals surface area contributed by atoms with Gasteiger partial charge in [-0.1, -0.05) is 24.3 Å². The molecule has 6 nitrogen and oxygen atoms in total. The third-order valence-corrected chi connectivity index (χ3v) is 5.41. The summed E-state index contributed by atoms with van der Waals surface area (Å²) in [5.74, 6) is -0.0649. The molecule has 0 saturated carbocycles. The zero-order valence-corrected chi connectivity index (χ0v) is 17.5. The lowest BCUT2D eigenvalue weighted by molar-refractivity contribution is -0.137. The van der Waals surface area contributed by atoms with Crippen molar-refractivity contribution in [2.24, 2.45) is 0 Å². The Labute approximate surface area is 173 Å². The summed E-state index contributed by atoms with van der Waals surface area (Å²) in [6.45, 7) is 5.85. The molecule has 0 unspecified atom stereocenters. The molecule has 0 heterocycles. The fourth-order valence-electron chi connectivity index (χ4n) is 2.64. The Morgan fingerprint density at radius 3 is 2.40 bits per heavy atom. The number of halogens is 3. The van der Waals surface area contributed by atoms with Gasteiger partial charge < -0.3 is 14.4 Å². The van der Waals surface area contributed by atoms with Crippen LogP contribution < -0.4 is 9.50 Å². The maximum absolute atomic E-state index is 12.9. The molecule has 0 aliphatic carbocycles. The Kier molecular flexibility index (Phi) is 7.35. The van der Waals surface area contributed by atoms with Crippen LogP contribution in [0.1, 0.15) is 31.9 Å². The monoisotopic (exact) mass is 444 g/mol. The molecule has 0 aliphatic heterocycles. The second kappa shape index (κ2) is 9.38. The van der Waals surface area contributed by atoms with Crippen LogP contribution in [0, 0.1) is 0 Å². The summed E-state index contributed by atoms with van der Waals surface area (Å²) in [5, 5.41) is 2.68. The highest BCUT2D eigenvalue weighted by molar-refractivity contribution is 7.87. The molecule has 0 spiro atoms. The van der Waals surface area contributed by atoms with Crippen molar-refractivity contribution in [3.8, 4) is 5.75 Å². The quantitative estimate of drug-likeness (QED) is 0.642. The first kappa shape index (κ1) is 23.5. The van der Waals surface area contributed by atoms with Crippen LogP contribution in [-0.4, -0.2) is 31.9 Å². The lowest BCUT2D eigenvalue weighted by atomic mass is 10.1. The van der Waals surface area contributed by atoms with Crippen molar-refractivity contribution in [2.45, 2.75) is 44.4 Å². The minimum atomic E-state index is -4.69. The molecule has 0 aromatic heterocycles. The predicted octanol–water partition coefficient (Wildman–Crippen LogP) is 4.41. The average Bonchev–Trinajstić information content (AvgIpc) is 2.66. The van der Waals surface area contributed by atoms with E-state index in [0.717, 1.165) is 18.2 Å². The lowest BCUT2D eigenvalue weighted by Gasteiger charge is -2.27. The Hall–Kier alpha value is -2.75. The van der Waals surface area contributed by atoms with E-state index in [2.05, 4.69) is 5.32 Å². The van der Waals surface area contributed by atoms with Gasteiger partial charge in [0.1, 0.15) is 10.6 Å². The predicted molar refractivity (Wildman–Crippen MR) is 105 cm³/mol. The number of nitrogens with one attached hydrogen (secondary N) is 1. The van der Waals surface area contributed by atoms with E-state index in [1.807, 2.05) is 0 Å². The first-order valence-corrected chi connectivity index (χ1v) is 10.6. The van der Waals surface area contributed by atoms with Gasteiger partial charge >= 0.3 is 22.3 Å². The molecule has 1 N–H and O–H groups in total. The van der Waals surface area contributed by atoms with Gasteiger partial charge in [0, 0.05) is 18.2 Å². The van der Waals surface area contributed by atoms with Crippen LogP contribution in [0.2, 0.25) is 0 Å². The fourth-order valence-corrected chi connectivity index (χ4v) is 3.65. The molecular weight excluding hydrogens is 421 g/mol. The van der Waals surface area contributed by atoms with Crippen LogP contribution in [0.15, 0.2) is 53.4 Å². The van der Waals surface area contributed by atoms with E-state index >= 15 is 0 Å². The number of hydrogen-bond donors (Lipinski definition) is 1. The third kappa shape index (κ3) is 5.88. The van der Waals surface area contributed by atoms with E-state index in [1.165, 1.54) is 17.0 Å². The summed E-state index contributed by atoms with van der Waals surface area (Å²) in [7, 11) is -4.52. The van der Waals surface area contributed by atoms with Crippen molar-refractivity contribution in [1.82, 2.24) is 10.2 Å². The van der Waals surface area contributed by atoms with Gasteiger partial charge in [0.15, 0.2) is 0 Å². The van der Waals surface area contributed by atoms with Gasteiger partial charge in [0.25, 0.3) is 0 Å². The van der Waals surface area contributed by atoms with Gasteiger partial charge in [-0.15, -0.1) is 0 Å². The van der Waals surface area contributed by atoms with Crippen molar-refractivity contribution in [3.63, 3.8) is 0 Å². The Morgan fingerprint density at radius 2 is 1.80 bits per heavy atom. The molecule has 0 saturated heterocycles. The number of hydrogen-bond acceptors (Lipinski definition) is 4. The Balaban J connectivity index is 2.35. The normalized spacial score (nSPS) is 12.0. The number of alkyl halides is 3. The zero-order valence-electron chi connectivity index (χ0n) is 16.7. The number of carbonyl (C=O) groups is 1. The van der Waals surface area contributed by atoms with E-state index in [1.54, 1.807) is 32.9 Å². The number of nitrogens with zero attached hydrogens (tertiary/aromatic N) is 1. The molecule has 0 atom stereocenters. The van der Waals surface area contributed by atoms with Gasteiger partial charge in [-0.25, -0.2) is 4.79 Å². The molecule has 10 heteroatoms. The van der Waals surface area contributed by atoms with E-state index in [0.29, 0.717) is 18.2 Å². The first-order valence-electron chi connectivity index (χ1n) is 9.19. The zero-order chi connectivity index (χ0) is 22.5. The van der Waals surface area contributed by atoms with Gasteiger partial charge in [0.05, 0.1) is 12.1 Å². The number of carbonyl (C=O) groups excluding carboxylic acids is 1. The average molecular weight is 444 g/mol. The van der Waals surface area contributed by atoms with Crippen LogP contribution in [0.25, 0.3) is 0 Å². The topological polar surface area (TPSA) is 75.7 Å².